The van der Waals surface area contributed by atoms with Crippen molar-refractivity contribution in [2.75, 3.05) is 6.61 Å². The molecular weight excluding hydrogens is 325 g/mol. The summed E-state index contributed by atoms with van der Waals surface area (Å²) in [7, 11) is 11.1. The second kappa shape index (κ2) is 6.08. The molecule has 2 atom stereocenters. The molecule has 0 radical (unpaired) electrons. The van der Waals surface area contributed by atoms with Crippen molar-refractivity contribution in [3.8, 4) is 0 Å². The van der Waals surface area contributed by atoms with Crippen molar-refractivity contribution in [2.45, 2.75) is 47.3 Å². The topological polar surface area (TPSA) is 35.5 Å². The maximum atomic E-state index is 11.6. The predicted molar refractivity (Wildman–Crippen MR) is 68.0 cm³/mol. The molecule has 17 heavy (non-hydrogen) atoms. The van der Waals surface area contributed by atoms with Crippen molar-refractivity contribution in [3.63, 3.8) is 0 Å². The Balaban J connectivity index is 4.65. The Morgan fingerprint density at radius 2 is 1.71 bits per heavy atom. The van der Waals surface area contributed by atoms with Gasteiger partial charge in [0.25, 0.3) is 0 Å². The second-order valence-corrected chi connectivity index (χ2v) is 17.5. The van der Waals surface area contributed by atoms with E-state index in [0.29, 0.717) is 12.5 Å². The zero-order chi connectivity index (χ0) is 13.9. The van der Waals surface area contributed by atoms with Crippen LogP contribution in [0.4, 0.5) is 0 Å². The van der Waals surface area contributed by atoms with E-state index in [2.05, 4.69) is 6.92 Å². The first-order chi connectivity index (χ1) is 7.31. The van der Waals surface area contributed by atoms with E-state index < -0.39 is 22.0 Å². The summed E-state index contributed by atoms with van der Waals surface area (Å²) in [4.78, 5) is 0. The Morgan fingerprint density at radius 3 is 2.00 bits per heavy atom. The van der Waals surface area contributed by atoms with Crippen LogP contribution in [0.5, 0.6) is 0 Å². The SMILES string of the molecule is CCC(C)COC([O][V](=[O])([Cl])([Cl])[Cl])C(C)(C)C. The molecule has 0 bridgehead atoms. The minimum atomic E-state index is -5.36. The van der Waals surface area contributed by atoms with Crippen molar-refractivity contribution in [3.05, 3.63) is 0 Å². The van der Waals surface area contributed by atoms with Gasteiger partial charge in [-0.1, -0.05) is 0 Å². The Bertz CT molecular complexity index is 297. The monoisotopic (exact) mass is 345 g/mol. The van der Waals surface area contributed by atoms with Crippen molar-refractivity contribution in [2.24, 2.45) is 11.3 Å². The Hall–Kier alpha value is 1.17. The molecule has 0 aromatic carbocycles. The van der Waals surface area contributed by atoms with E-state index >= 15 is 0 Å². The average Bonchev–Trinajstić information content (AvgIpc) is 2.06. The molecule has 0 aliphatic carbocycles. The van der Waals surface area contributed by atoms with Gasteiger partial charge in [-0.15, -0.1) is 0 Å². The molecule has 0 fully saturated rings. The number of rotatable bonds is 6. The number of halogens is 3. The fraction of sp³-hybridized carbons (Fsp3) is 1.00. The summed E-state index contributed by atoms with van der Waals surface area (Å²) in [5.41, 5.74) is -0.419. The quantitative estimate of drug-likeness (QED) is 0.645. The molecule has 0 rings (SSSR count). The van der Waals surface area contributed by atoms with Gasteiger partial charge in [0.2, 0.25) is 0 Å². The van der Waals surface area contributed by atoms with Crippen LogP contribution in [0.15, 0.2) is 0 Å². The molecule has 0 aromatic heterocycles. The van der Waals surface area contributed by atoms with Gasteiger partial charge in [0.1, 0.15) is 0 Å². The first-order valence-electron chi connectivity index (χ1n) is 5.52. The zero-order valence-corrected chi connectivity index (χ0v) is 14.5. The number of hydrogen-bond donors (Lipinski definition) is 0. The van der Waals surface area contributed by atoms with Crippen molar-refractivity contribution in [1.82, 2.24) is 0 Å². The van der Waals surface area contributed by atoms with E-state index in [0.717, 1.165) is 6.42 Å². The molecule has 7 heteroatoms. The molecule has 0 saturated heterocycles. The zero-order valence-electron chi connectivity index (χ0n) is 10.9. The summed E-state index contributed by atoms with van der Waals surface area (Å²) in [6, 6.07) is 0. The third-order valence-electron chi connectivity index (χ3n) is 2.19. The molecule has 105 valence electrons. The summed E-state index contributed by atoms with van der Waals surface area (Å²) in [5.74, 6) is 0.368. The fourth-order valence-electron chi connectivity index (χ4n) is 0.956. The van der Waals surface area contributed by atoms with Crippen LogP contribution in [0.1, 0.15) is 41.0 Å². The van der Waals surface area contributed by atoms with Crippen molar-refractivity contribution >= 4 is 29.5 Å². The standard InChI is InChI=1S/C10H21O2.3ClH.O.V/c1-6-8(2)7-12-9(11)10(3,4)5;;;;;/h8-9H,6-7H2,1-5H3;3*1H;;/q-1;;;;;+4/p-3. The molecule has 0 aromatic rings. The molecule has 0 spiro atoms. The first kappa shape index (κ1) is 18.2. The van der Waals surface area contributed by atoms with E-state index in [1.807, 2.05) is 27.7 Å². The van der Waals surface area contributed by atoms with Crippen LogP contribution in [0.2, 0.25) is 0 Å². The van der Waals surface area contributed by atoms with Crippen LogP contribution in [0, 0.1) is 11.3 Å². The molecule has 0 aliphatic heterocycles. The predicted octanol–water partition coefficient (Wildman–Crippen LogP) is 4.85. The summed E-state index contributed by atoms with van der Waals surface area (Å²) in [6.45, 7) is 10.2. The van der Waals surface area contributed by atoms with E-state index in [-0.39, 0.29) is 0 Å². The number of hydrogen-bond acceptors (Lipinski definition) is 3. The van der Waals surface area contributed by atoms with Gasteiger partial charge in [0.15, 0.2) is 0 Å². The van der Waals surface area contributed by atoms with Gasteiger partial charge in [-0.2, -0.15) is 0 Å². The van der Waals surface area contributed by atoms with Crippen LogP contribution >= 0.6 is 29.5 Å². The van der Waals surface area contributed by atoms with Gasteiger partial charge in [0.05, 0.1) is 0 Å². The summed E-state index contributed by atoms with van der Waals surface area (Å²) >= 11 is 0. The second-order valence-electron chi connectivity index (χ2n) is 5.33. The molecule has 0 saturated carbocycles. The third-order valence-corrected chi connectivity index (χ3v) is 3.99. The van der Waals surface area contributed by atoms with Crippen molar-refractivity contribution in [1.29, 1.82) is 0 Å². The van der Waals surface area contributed by atoms with Gasteiger partial charge < -0.3 is 0 Å². The molecule has 0 aliphatic rings. The Labute approximate surface area is 117 Å². The maximum absolute atomic E-state index is 11.6. The van der Waals surface area contributed by atoms with Gasteiger partial charge >= 0.3 is 117 Å². The van der Waals surface area contributed by atoms with E-state index in [4.69, 9.17) is 37.9 Å². The van der Waals surface area contributed by atoms with E-state index in [1.165, 1.54) is 0 Å². The molecule has 2 unspecified atom stereocenters. The van der Waals surface area contributed by atoms with Crippen LogP contribution < -0.4 is 0 Å². The fourth-order valence-corrected chi connectivity index (χ4v) is 2.90. The van der Waals surface area contributed by atoms with Gasteiger partial charge in [-0.3, -0.25) is 0 Å². The molecule has 0 heterocycles. The van der Waals surface area contributed by atoms with Crippen LogP contribution in [0.3, 0.4) is 0 Å². The van der Waals surface area contributed by atoms with Gasteiger partial charge in [-0.25, -0.2) is 0 Å². The van der Waals surface area contributed by atoms with E-state index in [9.17, 15) is 3.67 Å². The summed E-state index contributed by atoms with van der Waals surface area (Å²) in [6.07, 6.45) is 0.178. The van der Waals surface area contributed by atoms with Crippen LogP contribution in [-0.4, -0.2) is 12.9 Å². The molecule has 0 N–H and O–H groups in total. The van der Waals surface area contributed by atoms with E-state index in [1.54, 1.807) is 0 Å². The minimum absolute atomic E-state index is 0.368. The van der Waals surface area contributed by atoms with Gasteiger partial charge in [-0.05, 0) is 0 Å². The normalized spacial score (nSPS) is 19.4. The number of ether oxygens (including phenoxy) is 1. The van der Waals surface area contributed by atoms with Crippen LogP contribution in [0.25, 0.3) is 0 Å². The first-order valence-corrected chi connectivity index (χ1v) is 12.4. The molecular formula is C10H21Cl3O3V. The summed E-state index contributed by atoms with van der Waals surface area (Å²) in [5, 5.41) is 0. The third kappa shape index (κ3) is 9.72. The van der Waals surface area contributed by atoms with Gasteiger partial charge in [0, 0.05) is 0 Å². The Kier molecular flexibility index (Phi) is 6.50. The van der Waals surface area contributed by atoms with Crippen molar-refractivity contribution < 1.29 is 22.4 Å². The molecule has 3 nitrogen and oxygen atoms in total. The average molecular weight is 347 g/mol. The Morgan fingerprint density at radius 1 is 1.24 bits per heavy atom. The summed E-state index contributed by atoms with van der Waals surface area (Å²) < 4.78 is 22.3. The molecule has 0 amide bonds. The van der Waals surface area contributed by atoms with Crippen LogP contribution in [-0.2, 0) is 22.4 Å².